The zero-order valence-electron chi connectivity index (χ0n) is 21.3. The Bertz CT molecular complexity index is 1290. The number of ether oxygens (including phenoxy) is 1. The van der Waals surface area contributed by atoms with Crippen molar-refractivity contribution in [2.75, 3.05) is 20.3 Å². The molecule has 2 saturated heterocycles. The molecule has 5 rings (SSSR count). The van der Waals surface area contributed by atoms with Gasteiger partial charge in [0.25, 0.3) is 0 Å². The molecule has 2 aromatic carbocycles. The van der Waals surface area contributed by atoms with Crippen molar-refractivity contribution >= 4 is 35.7 Å². The van der Waals surface area contributed by atoms with E-state index in [9.17, 15) is 24.5 Å². The number of unbranched alkanes of at least 4 members (excludes halogenated alkanes) is 2. The molecule has 0 aromatic heterocycles. The van der Waals surface area contributed by atoms with E-state index in [-0.39, 0.29) is 37.1 Å². The monoisotopic (exact) mass is 521 g/mol. The highest BCUT2D eigenvalue weighted by atomic mass is 16.5. The molecule has 3 aliphatic rings. The van der Waals surface area contributed by atoms with Gasteiger partial charge in [0, 0.05) is 25.5 Å². The number of likely N-dealkylation sites (tertiary alicyclic amines) is 1. The van der Waals surface area contributed by atoms with Gasteiger partial charge < -0.3 is 24.6 Å². The fraction of sp³-hybridized carbons (Fsp3) is 0.464. The van der Waals surface area contributed by atoms with Crippen LogP contribution in [0.2, 0.25) is 0 Å². The van der Waals surface area contributed by atoms with Gasteiger partial charge in [-0.1, -0.05) is 36.8 Å². The summed E-state index contributed by atoms with van der Waals surface area (Å²) in [4.78, 5) is 39.2. The van der Waals surface area contributed by atoms with Crippen LogP contribution in [0.5, 0.6) is 5.75 Å². The van der Waals surface area contributed by atoms with Crippen LogP contribution in [0.15, 0.2) is 47.4 Å². The maximum Gasteiger partial charge on any atom is 0.487 e. The van der Waals surface area contributed by atoms with Crippen LogP contribution in [0.25, 0.3) is 10.8 Å². The molecule has 0 spiro atoms. The van der Waals surface area contributed by atoms with E-state index >= 15 is 0 Å². The van der Waals surface area contributed by atoms with Gasteiger partial charge in [-0.2, -0.15) is 0 Å². The first kappa shape index (κ1) is 26.4. The van der Waals surface area contributed by atoms with E-state index in [0.717, 1.165) is 16.5 Å². The van der Waals surface area contributed by atoms with E-state index in [2.05, 4.69) is 0 Å². The number of methoxy groups -OCH3 is 1. The summed E-state index contributed by atoms with van der Waals surface area (Å²) >= 11 is 0. The summed E-state index contributed by atoms with van der Waals surface area (Å²) in [6, 6.07) is 10.8. The van der Waals surface area contributed by atoms with Gasteiger partial charge in [0.05, 0.1) is 24.5 Å². The van der Waals surface area contributed by atoms with Crippen LogP contribution in [0.1, 0.15) is 50.2 Å². The number of carbonyl (C=O) groups is 3. The smallest absolute Gasteiger partial charge is 0.487 e. The molecule has 38 heavy (non-hydrogen) atoms. The molecule has 4 atom stereocenters. The maximum atomic E-state index is 13.7. The van der Waals surface area contributed by atoms with E-state index in [4.69, 9.17) is 14.5 Å². The highest BCUT2D eigenvalue weighted by Gasteiger charge is 2.57. The Balaban J connectivity index is 1.44. The molecule has 0 bridgehead atoms. The highest BCUT2D eigenvalue weighted by Crippen LogP contribution is 2.52. The summed E-state index contributed by atoms with van der Waals surface area (Å²) in [5.41, 5.74) is 2.24. The molecule has 0 radical (unpaired) electrons. The van der Waals surface area contributed by atoms with Crippen LogP contribution in [-0.2, 0) is 23.8 Å². The largest absolute Gasteiger partial charge is 0.507 e. The van der Waals surface area contributed by atoms with Gasteiger partial charge in [-0.25, -0.2) is 0 Å². The Hall–Kier alpha value is -3.21. The molecule has 200 valence electrons. The zero-order valence-corrected chi connectivity index (χ0v) is 21.3. The predicted molar refractivity (Wildman–Crippen MR) is 139 cm³/mol. The molecular formula is C28H32BNO8. The van der Waals surface area contributed by atoms with Gasteiger partial charge in [0.15, 0.2) is 0 Å². The quantitative estimate of drug-likeness (QED) is 0.260. The number of imide groups is 1. The van der Waals surface area contributed by atoms with Crippen molar-refractivity contribution in [1.82, 2.24) is 4.90 Å². The number of benzene rings is 2. The fourth-order valence-corrected chi connectivity index (χ4v) is 6.51. The minimum Gasteiger partial charge on any atom is -0.507 e. The third-order valence-electron chi connectivity index (χ3n) is 8.18. The average molecular weight is 521 g/mol. The Morgan fingerprint density at radius 2 is 1.84 bits per heavy atom. The number of rotatable bonds is 9. The summed E-state index contributed by atoms with van der Waals surface area (Å²) in [5, 5.41) is 31.9. The molecule has 2 amide bonds. The van der Waals surface area contributed by atoms with Crippen molar-refractivity contribution in [3.63, 3.8) is 0 Å². The lowest BCUT2D eigenvalue weighted by molar-refractivity contribution is -0.141. The number of hydrogen-bond donors (Lipinski definition) is 3. The number of carboxylic acid groups (broad SMARTS) is 1. The summed E-state index contributed by atoms with van der Waals surface area (Å²) in [7, 11) is 0.312. The lowest BCUT2D eigenvalue weighted by Gasteiger charge is -2.42. The molecular weight excluding hydrogens is 489 g/mol. The summed E-state index contributed by atoms with van der Waals surface area (Å²) in [6.45, 7) is 0.496. The Morgan fingerprint density at radius 1 is 1.08 bits per heavy atom. The number of phenolic OH excluding ortho intramolecular Hbond substituents is 1. The molecule has 0 unspecified atom stereocenters. The lowest BCUT2D eigenvalue weighted by atomic mass is 9.55. The predicted octanol–water partition coefficient (Wildman–Crippen LogP) is 3.24. The number of aliphatic carboxylic acids is 1. The highest BCUT2D eigenvalue weighted by molar-refractivity contribution is 6.53. The fourth-order valence-electron chi connectivity index (χ4n) is 6.51. The molecule has 10 heteroatoms. The summed E-state index contributed by atoms with van der Waals surface area (Å²) < 4.78 is 11.5. The first-order valence-electron chi connectivity index (χ1n) is 13.1. The van der Waals surface area contributed by atoms with E-state index in [1.54, 1.807) is 19.2 Å². The number of phenols is 1. The first-order chi connectivity index (χ1) is 18.3. The number of carbonyl (C=O) groups excluding carboxylic acids is 2. The number of aromatic hydroxyl groups is 1. The Kier molecular flexibility index (Phi) is 7.56. The van der Waals surface area contributed by atoms with Crippen molar-refractivity contribution in [2.24, 2.45) is 17.8 Å². The summed E-state index contributed by atoms with van der Waals surface area (Å²) in [5.74, 6) is -2.67. The third kappa shape index (κ3) is 4.72. The van der Waals surface area contributed by atoms with Gasteiger partial charge in [-0.3, -0.25) is 19.3 Å². The molecule has 2 aliphatic heterocycles. The van der Waals surface area contributed by atoms with Gasteiger partial charge in [0.1, 0.15) is 5.75 Å². The topological polar surface area (TPSA) is 134 Å². The standard InChI is InChI=1S/C28H32BNO8/c1-37-15-16-13-21-25(28(35)30(27(21)34)12-6-2-3-9-24(32)33)20-14-23(38-29(36)26(16)20)19-10-11-22(31)18-8-5-4-7-17(18)19/h4-5,7-8,10-11,20-21,23,25,31,36H,2-3,6,9,12-15H2,1H3,(H,32,33)/t20-,21-,23-,25+/m0/s1. The van der Waals surface area contributed by atoms with Crippen LogP contribution in [-0.4, -0.2) is 65.3 Å². The minimum atomic E-state index is -1.25. The van der Waals surface area contributed by atoms with Crippen molar-refractivity contribution in [2.45, 2.75) is 44.6 Å². The van der Waals surface area contributed by atoms with Gasteiger partial charge in [0.2, 0.25) is 11.8 Å². The average Bonchev–Trinajstić information content (AvgIpc) is 3.13. The van der Waals surface area contributed by atoms with Crippen molar-refractivity contribution in [3.8, 4) is 5.75 Å². The van der Waals surface area contributed by atoms with Crippen molar-refractivity contribution in [1.29, 1.82) is 0 Å². The Morgan fingerprint density at radius 3 is 2.58 bits per heavy atom. The molecule has 2 fully saturated rings. The van der Waals surface area contributed by atoms with E-state index in [1.807, 2.05) is 24.3 Å². The second-order valence-corrected chi connectivity index (χ2v) is 10.4. The van der Waals surface area contributed by atoms with Crippen LogP contribution in [0.3, 0.4) is 0 Å². The number of fused-ring (bicyclic) bond motifs is 4. The van der Waals surface area contributed by atoms with Crippen LogP contribution >= 0.6 is 0 Å². The molecule has 9 nitrogen and oxygen atoms in total. The SMILES string of the molecule is COCC1=C2B(O)O[C@H](c3ccc(O)c4ccccc34)C[C@H]2[C@H]2C(=O)N(CCCCCC(=O)O)C(=O)[C@H]2C1. The van der Waals surface area contributed by atoms with Gasteiger partial charge in [-0.15, -0.1) is 0 Å². The number of allylic oxidation sites excluding steroid dienone is 1. The molecule has 3 N–H and O–H groups in total. The molecule has 2 heterocycles. The molecule has 2 aromatic rings. The molecule has 1 aliphatic carbocycles. The van der Waals surface area contributed by atoms with Crippen LogP contribution in [0, 0.1) is 17.8 Å². The maximum absolute atomic E-state index is 13.7. The zero-order chi connectivity index (χ0) is 27.0. The van der Waals surface area contributed by atoms with Gasteiger partial charge in [-0.05, 0) is 59.7 Å². The second-order valence-electron chi connectivity index (χ2n) is 10.4. The van der Waals surface area contributed by atoms with Crippen LogP contribution < -0.4 is 0 Å². The first-order valence-corrected chi connectivity index (χ1v) is 13.1. The van der Waals surface area contributed by atoms with Crippen molar-refractivity contribution < 1.29 is 39.0 Å². The normalized spacial score (nSPS) is 25.2. The minimum absolute atomic E-state index is 0.0636. The third-order valence-corrected chi connectivity index (χ3v) is 8.18. The van der Waals surface area contributed by atoms with Crippen molar-refractivity contribution in [3.05, 3.63) is 53.0 Å². The molecule has 0 saturated carbocycles. The number of nitrogens with zero attached hydrogens (tertiary/aromatic N) is 1. The number of hydrogen-bond acceptors (Lipinski definition) is 7. The number of carboxylic acids is 1. The summed E-state index contributed by atoms with van der Waals surface area (Å²) in [6.07, 6.45) is 1.92. The van der Waals surface area contributed by atoms with E-state index in [0.29, 0.717) is 43.0 Å². The van der Waals surface area contributed by atoms with Gasteiger partial charge >= 0.3 is 13.1 Å². The van der Waals surface area contributed by atoms with E-state index < -0.39 is 36.9 Å². The number of amides is 2. The lowest BCUT2D eigenvalue weighted by Crippen LogP contribution is -2.45. The van der Waals surface area contributed by atoms with E-state index in [1.165, 1.54) is 4.90 Å². The Labute approximate surface area is 221 Å². The second kappa shape index (κ2) is 10.9. The van der Waals surface area contributed by atoms with Crippen LogP contribution in [0.4, 0.5) is 0 Å².